The zero-order valence-corrected chi connectivity index (χ0v) is 13.8. The van der Waals surface area contributed by atoms with Gasteiger partial charge in [-0.15, -0.1) is 0 Å². The minimum absolute atomic E-state index is 0.0460. The van der Waals surface area contributed by atoms with E-state index in [1.807, 2.05) is 49.4 Å². The molecule has 1 aliphatic heterocycles. The number of para-hydroxylation sites is 2. The summed E-state index contributed by atoms with van der Waals surface area (Å²) in [6.45, 7) is 2.36. The Morgan fingerprint density at radius 2 is 1.79 bits per heavy atom. The number of carbonyl (C=O) groups excluding carboxylic acids is 1. The van der Waals surface area contributed by atoms with Crippen LogP contribution in [0.5, 0.6) is 11.5 Å². The van der Waals surface area contributed by atoms with Gasteiger partial charge < -0.3 is 19.1 Å². The largest absolute Gasteiger partial charge is 0.493 e. The minimum Gasteiger partial charge on any atom is -0.493 e. The van der Waals surface area contributed by atoms with Crippen LogP contribution in [0.25, 0.3) is 0 Å². The molecule has 5 heteroatoms. The van der Waals surface area contributed by atoms with E-state index in [9.17, 15) is 4.79 Å². The third-order valence-electron chi connectivity index (χ3n) is 4.07. The molecule has 126 valence electrons. The highest BCUT2D eigenvalue weighted by Crippen LogP contribution is 2.29. The number of methoxy groups -OCH3 is 1. The van der Waals surface area contributed by atoms with Crippen LogP contribution in [0.2, 0.25) is 0 Å². The van der Waals surface area contributed by atoms with Gasteiger partial charge in [-0.3, -0.25) is 4.79 Å². The quantitative estimate of drug-likeness (QED) is 0.847. The van der Waals surface area contributed by atoms with Crippen LogP contribution in [0, 0.1) is 0 Å². The molecule has 0 saturated carbocycles. The Balaban J connectivity index is 1.61. The molecular formula is C19H21NO4. The van der Waals surface area contributed by atoms with Gasteiger partial charge in [-0.1, -0.05) is 42.5 Å². The molecule has 0 radical (unpaired) electrons. The predicted octanol–water partition coefficient (Wildman–Crippen LogP) is 3.02. The highest BCUT2D eigenvalue weighted by atomic mass is 16.5. The van der Waals surface area contributed by atoms with Crippen LogP contribution in [-0.2, 0) is 9.53 Å². The van der Waals surface area contributed by atoms with Gasteiger partial charge in [-0.05, 0) is 24.6 Å². The van der Waals surface area contributed by atoms with Crippen molar-refractivity contribution < 1.29 is 19.0 Å². The average Bonchev–Trinajstić information content (AvgIpc) is 3.02. The van der Waals surface area contributed by atoms with Gasteiger partial charge >= 0.3 is 0 Å². The Morgan fingerprint density at radius 1 is 1.12 bits per heavy atom. The van der Waals surface area contributed by atoms with E-state index in [4.69, 9.17) is 14.2 Å². The summed E-state index contributed by atoms with van der Waals surface area (Å²) in [7, 11) is 1.57. The molecule has 2 aromatic carbocycles. The lowest BCUT2D eigenvalue weighted by atomic mass is 10.1. The summed E-state index contributed by atoms with van der Waals surface area (Å²) in [5.74, 6) is 1.06. The van der Waals surface area contributed by atoms with E-state index in [1.165, 1.54) is 0 Å². The molecule has 3 rings (SSSR count). The molecule has 2 atom stereocenters. The van der Waals surface area contributed by atoms with Gasteiger partial charge in [0, 0.05) is 0 Å². The van der Waals surface area contributed by atoms with Gasteiger partial charge in [0.05, 0.1) is 13.7 Å². The molecule has 1 aliphatic rings. The number of hydrogen-bond acceptors (Lipinski definition) is 4. The monoisotopic (exact) mass is 327 g/mol. The molecule has 1 fully saturated rings. The van der Waals surface area contributed by atoms with E-state index < -0.39 is 0 Å². The topological polar surface area (TPSA) is 48.0 Å². The van der Waals surface area contributed by atoms with Gasteiger partial charge in [0.25, 0.3) is 5.91 Å². The number of carbonyl (C=O) groups is 1. The normalized spacial score (nSPS) is 20.0. The second-order valence-electron chi connectivity index (χ2n) is 5.62. The van der Waals surface area contributed by atoms with Gasteiger partial charge in [-0.25, -0.2) is 0 Å². The van der Waals surface area contributed by atoms with Crippen molar-refractivity contribution in [1.29, 1.82) is 0 Å². The summed E-state index contributed by atoms with van der Waals surface area (Å²) < 4.78 is 16.7. The number of ether oxygens (including phenoxy) is 3. The van der Waals surface area contributed by atoms with Crippen molar-refractivity contribution in [2.24, 2.45) is 0 Å². The highest BCUT2D eigenvalue weighted by molar-refractivity contribution is 5.78. The number of hydrogen-bond donors (Lipinski definition) is 0. The fraction of sp³-hybridized carbons (Fsp3) is 0.316. The van der Waals surface area contributed by atoms with Crippen LogP contribution >= 0.6 is 0 Å². The Morgan fingerprint density at radius 3 is 2.50 bits per heavy atom. The lowest BCUT2D eigenvalue weighted by Gasteiger charge is -2.20. The van der Waals surface area contributed by atoms with Crippen LogP contribution in [0.4, 0.5) is 0 Å². The first-order valence-electron chi connectivity index (χ1n) is 7.94. The van der Waals surface area contributed by atoms with Crippen LogP contribution in [0.15, 0.2) is 54.6 Å². The zero-order valence-electron chi connectivity index (χ0n) is 13.8. The van der Waals surface area contributed by atoms with Gasteiger partial charge in [0.1, 0.15) is 12.3 Å². The summed E-state index contributed by atoms with van der Waals surface area (Å²) in [4.78, 5) is 14.2. The van der Waals surface area contributed by atoms with Crippen molar-refractivity contribution >= 4 is 5.91 Å². The summed E-state index contributed by atoms with van der Waals surface area (Å²) >= 11 is 0. The van der Waals surface area contributed by atoms with Gasteiger partial charge in [0.2, 0.25) is 0 Å². The first-order valence-corrected chi connectivity index (χ1v) is 7.94. The molecule has 0 aromatic heterocycles. The van der Waals surface area contributed by atoms with Crippen molar-refractivity contribution in [3.05, 3.63) is 60.2 Å². The Kier molecular flexibility index (Phi) is 5.01. The van der Waals surface area contributed by atoms with Crippen LogP contribution < -0.4 is 9.47 Å². The van der Waals surface area contributed by atoms with E-state index in [0.29, 0.717) is 18.0 Å². The van der Waals surface area contributed by atoms with Crippen molar-refractivity contribution in [3.8, 4) is 11.5 Å². The molecule has 2 unspecified atom stereocenters. The summed E-state index contributed by atoms with van der Waals surface area (Å²) in [6.07, 6.45) is -0.375. The SMILES string of the molecule is COc1ccccc1OCC(=O)N1CC(c2ccccc2)OC1C. The summed E-state index contributed by atoms with van der Waals surface area (Å²) in [6, 6.07) is 17.2. The average molecular weight is 327 g/mol. The van der Waals surface area contributed by atoms with Gasteiger partial charge in [0.15, 0.2) is 18.1 Å². The van der Waals surface area contributed by atoms with E-state index in [0.717, 1.165) is 5.56 Å². The second-order valence-corrected chi connectivity index (χ2v) is 5.62. The molecular weight excluding hydrogens is 306 g/mol. The molecule has 5 nitrogen and oxygen atoms in total. The molecule has 1 heterocycles. The van der Waals surface area contributed by atoms with E-state index in [-0.39, 0.29) is 24.8 Å². The molecule has 1 saturated heterocycles. The maximum absolute atomic E-state index is 12.5. The predicted molar refractivity (Wildman–Crippen MR) is 89.9 cm³/mol. The summed E-state index contributed by atoms with van der Waals surface area (Å²) in [5, 5.41) is 0. The molecule has 1 amide bonds. The number of nitrogens with zero attached hydrogens (tertiary/aromatic N) is 1. The number of amides is 1. The summed E-state index contributed by atoms with van der Waals surface area (Å²) in [5.41, 5.74) is 1.07. The zero-order chi connectivity index (χ0) is 16.9. The first kappa shape index (κ1) is 16.3. The van der Waals surface area contributed by atoms with Crippen molar-refractivity contribution in [1.82, 2.24) is 4.90 Å². The van der Waals surface area contributed by atoms with Crippen LogP contribution in [0.3, 0.4) is 0 Å². The smallest absolute Gasteiger partial charge is 0.262 e. The van der Waals surface area contributed by atoms with E-state index in [2.05, 4.69) is 0 Å². The third-order valence-corrected chi connectivity index (χ3v) is 4.07. The first-order chi connectivity index (χ1) is 11.7. The lowest BCUT2D eigenvalue weighted by molar-refractivity contribution is -0.137. The number of rotatable bonds is 5. The van der Waals surface area contributed by atoms with Crippen molar-refractivity contribution in [2.75, 3.05) is 20.3 Å². The van der Waals surface area contributed by atoms with Crippen molar-refractivity contribution in [3.63, 3.8) is 0 Å². The standard InChI is InChI=1S/C19H21NO4/c1-14-20(12-18(24-14)15-8-4-3-5-9-15)19(21)13-23-17-11-7-6-10-16(17)22-2/h3-11,14,18H,12-13H2,1-2H3. The number of benzene rings is 2. The molecule has 0 N–H and O–H groups in total. The second kappa shape index (κ2) is 7.36. The molecule has 0 bridgehead atoms. The van der Waals surface area contributed by atoms with Gasteiger partial charge in [-0.2, -0.15) is 0 Å². The Hall–Kier alpha value is -2.53. The maximum atomic E-state index is 12.5. The molecule has 0 spiro atoms. The van der Waals surface area contributed by atoms with Crippen molar-refractivity contribution in [2.45, 2.75) is 19.3 Å². The van der Waals surface area contributed by atoms with Crippen LogP contribution in [-0.4, -0.2) is 37.3 Å². The molecule has 2 aromatic rings. The molecule has 0 aliphatic carbocycles. The fourth-order valence-corrected chi connectivity index (χ4v) is 2.80. The van der Waals surface area contributed by atoms with E-state index in [1.54, 1.807) is 24.1 Å². The minimum atomic E-state index is -0.274. The highest BCUT2D eigenvalue weighted by Gasteiger charge is 2.34. The van der Waals surface area contributed by atoms with E-state index >= 15 is 0 Å². The van der Waals surface area contributed by atoms with Crippen LogP contribution in [0.1, 0.15) is 18.6 Å². The third kappa shape index (κ3) is 3.51. The molecule has 24 heavy (non-hydrogen) atoms. The Bertz CT molecular complexity index is 689. The maximum Gasteiger partial charge on any atom is 0.262 e. The Labute approximate surface area is 141 Å². The fourth-order valence-electron chi connectivity index (χ4n) is 2.80. The lowest BCUT2D eigenvalue weighted by Crippen LogP contribution is -2.37.